The summed E-state index contributed by atoms with van der Waals surface area (Å²) in [4.78, 5) is 27.4. The van der Waals surface area contributed by atoms with Crippen LogP contribution in [0.1, 0.15) is 16.8 Å². The smallest absolute Gasteiger partial charge is 0.337 e. The molecule has 1 aliphatic heterocycles. The van der Waals surface area contributed by atoms with Gasteiger partial charge in [-0.15, -0.1) is 0 Å². The van der Waals surface area contributed by atoms with Gasteiger partial charge in [-0.1, -0.05) is 16.7 Å². The second-order valence-corrected chi connectivity index (χ2v) is 5.84. The van der Waals surface area contributed by atoms with Gasteiger partial charge in [0.05, 0.1) is 16.3 Å². The van der Waals surface area contributed by atoms with Crippen LogP contribution in [-0.4, -0.2) is 30.1 Å². The fraction of sp³-hybridized carbons (Fsp3) is 0.333. The molecule has 1 aromatic carbocycles. The number of nitrogens with zero attached hydrogens (tertiary/aromatic N) is 4. The number of carbonyl (C=O) groups is 2. The van der Waals surface area contributed by atoms with E-state index in [2.05, 4.69) is 26.0 Å². The third-order valence-electron chi connectivity index (χ3n) is 3.17. The van der Waals surface area contributed by atoms with Gasteiger partial charge in [0, 0.05) is 28.9 Å². The lowest BCUT2D eigenvalue weighted by atomic mass is 10.1. The molecular formula is C12H10BrClN4O3. The largest absolute Gasteiger partial charge is 0.478 e. The number of amides is 1. The second kappa shape index (κ2) is 6.34. The highest BCUT2D eigenvalue weighted by Gasteiger charge is 2.32. The highest BCUT2D eigenvalue weighted by Crippen LogP contribution is 2.34. The van der Waals surface area contributed by atoms with Crippen LogP contribution in [0.4, 0.5) is 5.69 Å². The normalized spacial score (nSPS) is 17.7. The van der Waals surface area contributed by atoms with Crippen molar-refractivity contribution < 1.29 is 14.7 Å². The standard InChI is InChI=1S/C12H10BrClN4O3/c13-8-2-7(12(20)21)10(3-9(8)14)18-5-6(1-11(18)19)4-16-17-15/h2-3,6H,1,4-5H2,(H,20,21). The van der Waals surface area contributed by atoms with Crippen molar-refractivity contribution in [2.75, 3.05) is 18.0 Å². The third-order valence-corrected chi connectivity index (χ3v) is 4.37. The van der Waals surface area contributed by atoms with Crippen molar-refractivity contribution in [2.45, 2.75) is 6.42 Å². The lowest BCUT2D eigenvalue weighted by Crippen LogP contribution is -2.26. The molecule has 2 rings (SSSR count). The van der Waals surface area contributed by atoms with Gasteiger partial charge in [0.1, 0.15) is 0 Å². The van der Waals surface area contributed by atoms with Crippen molar-refractivity contribution in [1.82, 2.24) is 0 Å². The minimum absolute atomic E-state index is 0.0101. The summed E-state index contributed by atoms with van der Waals surface area (Å²) in [7, 11) is 0. The summed E-state index contributed by atoms with van der Waals surface area (Å²) in [5.74, 6) is -1.49. The first-order chi connectivity index (χ1) is 9.93. The zero-order valence-electron chi connectivity index (χ0n) is 10.7. The summed E-state index contributed by atoms with van der Waals surface area (Å²) in [6.07, 6.45) is 0.214. The Labute approximate surface area is 133 Å². The predicted octanol–water partition coefficient (Wildman–Crippen LogP) is 3.46. The van der Waals surface area contributed by atoms with Crippen molar-refractivity contribution in [3.63, 3.8) is 0 Å². The molecule has 9 heteroatoms. The van der Waals surface area contributed by atoms with Gasteiger partial charge in [0.2, 0.25) is 5.91 Å². The minimum atomic E-state index is -1.14. The van der Waals surface area contributed by atoms with E-state index in [1.54, 1.807) is 0 Å². The van der Waals surface area contributed by atoms with Crippen LogP contribution in [0.25, 0.3) is 10.4 Å². The SMILES string of the molecule is [N-]=[N+]=NCC1CC(=O)N(c2cc(Cl)c(Br)cc2C(=O)O)C1. The number of hydrogen-bond donors (Lipinski definition) is 1. The lowest BCUT2D eigenvalue weighted by Gasteiger charge is -2.19. The van der Waals surface area contributed by atoms with Crippen molar-refractivity contribution in [1.29, 1.82) is 0 Å². The summed E-state index contributed by atoms with van der Waals surface area (Å²) in [6, 6.07) is 2.82. The van der Waals surface area contributed by atoms with E-state index in [1.807, 2.05) is 0 Å². The van der Waals surface area contributed by atoms with E-state index >= 15 is 0 Å². The maximum atomic E-state index is 12.1. The second-order valence-electron chi connectivity index (χ2n) is 4.58. The van der Waals surface area contributed by atoms with Crippen LogP contribution < -0.4 is 4.90 Å². The van der Waals surface area contributed by atoms with E-state index in [0.717, 1.165) is 0 Å². The topological polar surface area (TPSA) is 106 Å². The van der Waals surface area contributed by atoms with Crippen LogP contribution in [0.3, 0.4) is 0 Å². The Morgan fingerprint density at radius 3 is 2.95 bits per heavy atom. The van der Waals surface area contributed by atoms with Gasteiger partial charge in [-0.3, -0.25) is 4.79 Å². The fourth-order valence-electron chi connectivity index (χ4n) is 2.22. The van der Waals surface area contributed by atoms with Gasteiger partial charge in [-0.05, 0) is 39.5 Å². The van der Waals surface area contributed by atoms with Gasteiger partial charge >= 0.3 is 5.97 Å². The van der Waals surface area contributed by atoms with E-state index in [9.17, 15) is 14.7 Å². The third kappa shape index (κ3) is 3.29. The Bertz CT molecular complexity index is 660. The predicted molar refractivity (Wildman–Crippen MR) is 80.6 cm³/mol. The highest BCUT2D eigenvalue weighted by molar-refractivity contribution is 9.10. The maximum Gasteiger partial charge on any atom is 0.337 e. The Morgan fingerprint density at radius 2 is 2.33 bits per heavy atom. The number of carboxylic acid groups (broad SMARTS) is 1. The molecule has 1 N–H and O–H groups in total. The Morgan fingerprint density at radius 1 is 1.62 bits per heavy atom. The Hall–Kier alpha value is -1.76. The zero-order valence-corrected chi connectivity index (χ0v) is 13.0. The van der Waals surface area contributed by atoms with Crippen LogP contribution in [-0.2, 0) is 4.79 Å². The molecule has 1 unspecified atom stereocenters. The molecule has 1 amide bonds. The van der Waals surface area contributed by atoms with Crippen LogP contribution >= 0.6 is 27.5 Å². The Kier molecular flexibility index (Phi) is 4.72. The first kappa shape index (κ1) is 15.6. The molecule has 21 heavy (non-hydrogen) atoms. The van der Waals surface area contributed by atoms with Gasteiger partial charge in [0.15, 0.2) is 0 Å². The van der Waals surface area contributed by atoms with E-state index in [4.69, 9.17) is 17.1 Å². The molecule has 1 atom stereocenters. The quantitative estimate of drug-likeness (QED) is 0.496. The molecule has 110 valence electrons. The summed E-state index contributed by atoms with van der Waals surface area (Å²) in [5, 5.41) is 13.0. The van der Waals surface area contributed by atoms with Crippen LogP contribution in [0.5, 0.6) is 0 Å². The van der Waals surface area contributed by atoms with Crippen molar-refractivity contribution >= 4 is 45.1 Å². The average molecular weight is 374 g/mol. The fourth-order valence-corrected chi connectivity index (χ4v) is 2.72. The Balaban J connectivity index is 2.37. The number of hydrogen-bond acceptors (Lipinski definition) is 3. The van der Waals surface area contributed by atoms with Crippen molar-refractivity contribution in [3.05, 3.63) is 37.6 Å². The number of carboxylic acids is 1. The molecule has 0 spiro atoms. The molecule has 1 aliphatic rings. The minimum Gasteiger partial charge on any atom is -0.478 e. The number of azide groups is 1. The lowest BCUT2D eigenvalue weighted by molar-refractivity contribution is -0.117. The molecule has 0 aliphatic carbocycles. The number of rotatable bonds is 4. The van der Waals surface area contributed by atoms with E-state index in [1.165, 1.54) is 17.0 Å². The number of benzene rings is 1. The molecule has 7 nitrogen and oxygen atoms in total. The first-order valence-corrected chi connectivity index (χ1v) is 7.14. The van der Waals surface area contributed by atoms with E-state index < -0.39 is 5.97 Å². The number of carbonyl (C=O) groups excluding carboxylic acids is 1. The molecule has 1 fully saturated rings. The molecule has 0 aromatic heterocycles. The summed E-state index contributed by atoms with van der Waals surface area (Å²) < 4.78 is 0.447. The summed E-state index contributed by atoms with van der Waals surface area (Å²) in [6.45, 7) is 0.501. The molecular weight excluding hydrogens is 364 g/mol. The molecule has 1 saturated heterocycles. The van der Waals surface area contributed by atoms with Crippen molar-refractivity contribution in [3.8, 4) is 0 Å². The molecule has 1 heterocycles. The molecule has 1 aromatic rings. The van der Waals surface area contributed by atoms with Crippen LogP contribution in [0.15, 0.2) is 21.7 Å². The van der Waals surface area contributed by atoms with Crippen molar-refractivity contribution in [2.24, 2.45) is 11.0 Å². The zero-order chi connectivity index (χ0) is 15.6. The average Bonchev–Trinajstić information content (AvgIpc) is 2.80. The number of halogens is 2. The van der Waals surface area contributed by atoms with E-state index in [-0.39, 0.29) is 36.0 Å². The number of aromatic carboxylic acids is 1. The monoisotopic (exact) mass is 372 g/mol. The number of anilines is 1. The molecule has 0 saturated carbocycles. The van der Waals surface area contributed by atoms with Crippen LogP contribution in [0.2, 0.25) is 5.02 Å². The van der Waals surface area contributed by atoms with E-state index in [0.29, 0.717) is 16.0 Å². The maximum absolute atomic E-state index is 12.1. The summed E-state index contributed by atoms with van der Waals surface area (Å²) >= 11 is 9.16. The van der Waals surface area contributed by atoms with Gasteiger partial charge < -0.3 is 10.0 Å². The highest BCUT2D eigenvalue weighted by atomic mass is 79.9. The first-order valence-electron chi connectivity index (χ1n) is 5.97. The summed E-state index contributed by atoms with van der Waals surface area (Å²) in [5.41, 5.74) is 8.56. The van der Waals surface area contributed by atoms with Gasteiger partial charge in [-0.25, -0.2) is 4.79 Å². The van der Waals surface area contributed by atoms with Crippen LogP contribution in [0, 0.1) is 5.92 Å². The van der Waals surface area contributed by atoms with Gasteiger partial charge in [0.25, 0.3) is 0 Å². The van der Waals surface area contributed by atoms with Gasteiger partial charge in [-0.2, -0.15) is 0 Å². The molecule has 0 bridgehead atoms. The molecule has 0 radical (unpaired) electrons.